The zero-order valence-corrected chi connectivity index (χ0v) is 13.3. The van der Waals surface area contributed by atoms with Gasteiger partial charge in [-0.3, -0.25) is 4.99 Å². The van der Waals surface area contributed by atoms with Crippen molar-refractivity contribution in [2.45, 2.75) is 19.8 Å². The molecule has 0 saturated heterocycles. The summed E-state index contributed by atoms with van der Waals surface area (Å²) >= 11 is 6.19. The van der Waals surface area contributed by atoms with Gasteiger partial charge in [-0.2, -0.15) is 0 Å². The molecule has 1 aliphatic heterocycles. The third kappa shape index (κ3) is 4.50. The Hall–Kier alpha value is -1.06. The molecule has 0 bridgehead atoms. The van der Waals surface area contributed by atoms with E-state index in [1.165, 1.54) is 6.42 Å². The second-order valence-corrected chi connectivity index (χ2v) is 6.20. The number of aliphatic imine (C=N–C) groups is 1. The molecule has 1 heterocycles. The van der Waals surface area contributed by atoms with Crippen LogP contribution in [0.1, 0.15) is 25.3 Å². The van der Waals surface area contributed by atoms with Gasteiger partial charge >= 0.3 is 0 Å². The molecule has 3 nitrogen and oxygen atoms in total. The summed E-state index contributed by atoms with van der Waals surface area (Å²) in [6.45, 7) is 4.71. The van der Waals surface area contributed by atoms with Crippen molar-refractivity contribution in [2.24, 2.45) is 10.9 Å². The third-order valence-electron chi connectivity index (χ3n) is 3.48. The first-order valence-corrected chi connectivity index (χ1v) is 7.54. The van der Waals surface area contributed by atoms with E-state index in [1.54, 1.807) is 0 Å². The highest BCUT2D eigenvalue weighted by atomic mass is 35.5. The summed E-state index contributed by atoms with van der Waals surface area (Å²) in [6.07, 6.45) is 2.22. The van der Waals surface area contributed by atoms with Crippen LogP contribution in [0.3, 0.4) is 0 Å². The molecule has 0 saturated carbocycles. The third-order valence-corrected chi connectivity index (χ3v) is 3.70. The van der Waals surface area contributed by atoms with Gasteiger partial charge in [-0.25, -0.2) is 0 Å². The molecular weight excluding hydrogens is 272 g/mol. The van der Waals surface area contributed by atoms with Crippen LogP contribution in [0.25, 0.3) is 0 Å². The van der Waals surface area contributed by atoms with Gasteiger partial charge in [0, 0.05) is 29.4 Å². The first-order valence-electron chi connectivity index (χ1n) is 7.16. The lowest BCUT2D eigenvalue weighted by Crippen LogP contribution is -2.19. The van der Waals surface area contributed by atoms with Gasteiger partial charge in [-0.15, -0.1) is 0 Å². The first-order chi connectivity index (χ1) is 9.54. The SMILES string of the molecule is CC1CCC(c2cc(Cl)cc(OCCN(C)C)c2)=NC1. The van der Waals surface area contributed by atoms with Crippen LogP contribution in [-0.4, -0.2) is 44.4 Å². The standard InChI is InChI=1S/C16H23ClN2O/c1-12-4-5-16(18-11-12)13-8-14(17)10-15(9-13)20-7-6-19(2)3/h8-10,12H,4-7,11H2,1-3H3. The largest absolute Gasteiger partial charge is 0.492 e. The van der Waals surface area contributed by atoms with E-state index in [0.717, 1.165) is 36.5 Å². The topological polar surface area (TPSA) is 24.8 Å². The van der Waals surface area contributed by atoms with E-state index < -0.39 is 0 Å². The van der Waals surface area contributed by atoms with Crippen molar-refractivity contribution >= 4 is 17.3 Å². The van der Waals surface area contributed by atoms with Crippen molar-refractivity contribution in [3.63, 3.8) is 0 Å². The summed E-state index contributed by atoms with van der Waals surface area (Å²) in [6, 6.07) is 5.90. The van der Waals surface area contributed by atoms with Gasteiger partial charge in [-0.1, -0.05) is 18.5 Å². The molecule has 4 heteroatoms. The van der Waals surface area contributed by atoms with Crippen molar-refractivity contribution in [1.29, 1.82) is 0 Å². The number of ether oxygens (including phenoxy) is 1. The second kappa shape index (κ2) is 7.09. The molecule has 0 N–H and O–H groups in total. The van der Waals surface area contributed by atoms with Crippen LogP contribution >= 0.6 is 11.6 Å². The first kappa shape index (κ1) is 15.3. The summed E-state index contributed by atoms with van der Waals surface area (Å²) in [5.74, 6) is 1.52. The van der Waals surface area contributed by atoms with Gasteiger partial charge in [0.2, 0.25) is 0 Å². The van der Waals surface area contributed by atoms with Crippen molar-refractivity contribution in [3.8, 4) is 5.75 Å². The Labute approximate surface area is 126 Å². The molecule has 0 spiro atoms. The molecule has 1 atom stereocenters. The van der Waals surface area contributed by atoms with E-state index in [0.29, 0.717) is 17.5 Å². The lowest BCUT2D eigenvalue weighted by atomic mass is 9.96. The zero-order chi connectivity index (χ0) is 14.5. The number of likely N-dealkylation sites (N-methyl/N-ethyl adjacent to an activating group) is 1. The fourth-order valence-corrected chi connectivity index (χ4v) is 2.44. The van der Waals surface area contributed by atoms with Gasteiger partial charge in [0.1, 0.15) is 12.4 Å². The van der Waals surface area contributed by atoms with Gasteiger partial charge < -0.3 is 9.64 Å². The quantitative estimate of drug-likeness (QED) is 0.830. The van der Waals surface area contributed by atoms with Crippen molar-refractivity contribution < 1.29 is 4.74 Å². The Morgan fingerprint density at radius 1 is 1.35 bits per heavy atom. The Kier molecular flexibility index (Phi) is 5.44. The molecule has 0 radical (unpaired) electrons. The van der Waals surface area contributed by atoms with Crippen LogP contribution in [0.5, 0.6) is 5.75 Å². The summed E-state index contributed by atoms with van der Waals surface area (Å²) < 4.78 is 5.77. The zero-order valence-electron chi connectivity index (χ0n) is 12.5. The highest BCUT2D eigenvalue weighted by Crippen LogP contribution is 2.25. The summed E-state index contributed by atoms with van der Waals surface area (Å²) in [5, 5.41) is 0.712. The highest BCUT2D eigenvalue weighted by Gasteiger charge is 2.14. The maximum Gasteiger partial charge on any atom is 0.121 e. The summed E-state index contributed by atoms with van der Waals surface area (Å²) in [5.41, 5.74) is 2.26. The minimum absolute atomic E-state index is 0.663. The van der Waals surface area contributed by atoms with Crippen LogP contribution in [0.4, 0.5) is 0 Å². The van der Waals surface area contributed by atoms with E-state index in [9.17, 15) is 0 Å². The normalized spacial score (nSPS) is 19.1. The van der Waals surface area contributed by atoms with Crippen LogP contribution in [-0.2, 0) is 0 Å². The van der Waals surface area contributed by atoms with Gasteiger partial charge in [0.05, 0.1) is 0 Å². The monoisotopic (exact) mass is 294 g/mol. The summed E-state index contributed by atoms with van der Waals surface area (Å²) in [7, 11) is 4.06. The van der Waals surface area contributed by atoms with Gasteiger partial charge in [0.25, 0.3) is 0 Å². The maximum atomic E-state index is 6.19. The highest BCUT2D eigenvalue weighted by molar-refractivity contribution is 6.31. The number of halogens is 1. The smallest absolute Gasteiger partial charge is 0.121 e. The predicted octanol–water partition coefficient (Wildman–Crippen LogP) is 3.50. The van der Waals surface area contributed by atoms with Crippen molar-refractivity contribution in [2.75, 3.05) is 33.8 Å². The molecule has 0 fully saturated rings. The van der Waals surface area contributed by atoms with E-state index >= 15 is 0 Å². The molecule has 110 valence electrons. The molecule has 1 aromatic carbocycles. The number of hydrogen-bond acceptors (Lipinski definition) is 3. The fourth-order valence-electron chi connectivity index (χ4n) is 2.21. The number of nitrogens with zero attached hydrogens (tertiary/aromatic N) is 2. The van der Waals surface area contributed by atoms with E-state index in [-0.39, 0.29) is 0 Å². The predicted molar refractivity (Wildman–Crippen MR) is 85.3 cm³/mol. The molecule has 1 aromatic rings. The van der Waals surface area contributed by atoms with Crippen molar-refractivity contribution in [3.05, 3.63) is 28.8 Å². The maximum absolute atomic E-state index is 6.19. The molecule has 0 aliphatic carbocycles. The van der Waals surface area contributed by atoms with Crippen LogP contribution in [0.15, 0.2) is 23.2 Å². The van der Waals surface area contributed by atoms with E-state index in [1.807, 2.05) is 26.2 Å². The van der Waals surface area contributed by atoms with Crippen LogP contribution < -0.4 is 4.74 Å². The van der Waals surface area contributed by atoms with E-state index in [4.69, 9.17) is 16.3 Å². The molecular formula is C16H23ClN2O. The van der Waals surface area contributed by atoms with Crippen molar-refractivity contribution in [1.82, 2.24) is 4.90 Å². The molecule has 0 amide bonds. The number of benzene rings is 1. The summed E-state index contributed by atoms with van der Waals surface area (Å²) in [4.78, 5) is 6.76. The van der Waals surface area contributed by atoms with Crippen LogP contribution in [0, 0.1) is 5.92 Å². The number of rotatable bonds is 5. The lowest BCUT2D eigenvalue weighted by molar-refractivity contribution is 0.261. The lowest BCUT2D eigenvalue weighted by Gasteiger charge is -2.18. The fraction of sp³-hybridized carbons (Fsp3) is 0.562. The molecule has 2 rings (SSSR count). The Morgan fingerprint density at radius 2 is 2.15 bits per heavy atom. The average molecular weight is 295 g/mol. The Balaban J connectivity index is 2.08. The molecule has 20 heavy (non-hydrogen) atoms. The number of hydrogen-bond donors (Lipinski definition) is 0. The van der Waals surface area contributed by atoms with Crippen LogP contribution in [0.2, 0.25) is 5.02 Å². The van der Waals surface area contributed by atoms with Gasteiger partial charge in [0.15, 0.2) is 0 Å². The average Bonchev–Trinajstić information content (AvgIpc) is 2.38. The minimum atomic E-state index is 0.663. The second-order valence-electron chi connectivity index (χ2n) is 5.76. The Bertz CT molecular complexity index is 485. The molecule has 0 aromatic heterocycles. The molecule has 1 unspecified atom stereocenters. The van der Waals surface area contributed by atoms with E-state index in [2.05, 4.69) is 22.9 Å². The minimum Gasteiger partial charge on any atom is -0.492 e. The Morgan fingerprint density at radius 3 is 2.80 bits per heavy atom. The van der Waals surface area contributed by atoms with Gasteiger partial charge in [-0.05, 0) is 51.1 Å². The molecule has 1 aliphatic rings.